The standard InChI is InChI=1S/C10H14O2/c1-3-12-8(2)9-5-4-6-10(11)7-9/h7H,2-6H2,1H3. The Bertz CT molecular complexity index is 226. The molecule has 1 aliphatic rings. The average molecular weight is 166 g/mol. The van der Waals surface area contributed by atoms with Gasteiger partial charge in [-0.3, -0.25) is 4.79 Å². The molecule has 0 heterocycles. The van der Waals surface area contributed by atoms with Crippen molar-refractivity contribution in [2.45, 2.75) is 26.2 Å². The molecule has 0 aromatic heterocycles. The number of allylic oxidation sites excluding steroid dienone is 2. The fraction of sp³-hybridized carbons (Fsp3) is 0.500. The van der Waals surface area contributed by atoms with Gasteiger partial charge in [-0.1, -0.05) is 6.58 Å². The van der Waals surface area contributed by atoms with E-state index in [0.717, 1.165) is 18.4 Å². The maximum atomic E-state index is 11.0. The van der Waals surface area contributed by atoms with Crippen LogP contribution >= 0.6 is 0 Å². The Morgan fingerprint density at radius 1 is 1.67 bits per heavy atom. The molecule has 0 amide bonds. The molecule has 0 aromatic rings. The van der Waals surface area contributed by atoms with Crippen molar-refractivity contribution in [3.63, 3.8) is 0 Å². The molecule has 0 spiro atoms. The van der Waals surface area contributed by atoms with Crippen molar-refractivity contribution in [3.8, 4) is 0 Å². The van der Waals surface area contributed by atoms with E-state index in [-0.39, 0.29) is 5.78 Å². The normalized spacial score (nSPS) is 17.1. The minimum atomic E-state index is 0.192. The molecule has 12 heavy (non-hydrogen) atoms. The van der Waals surface area contributed by atoms with Crippen molar-refractivity contribution in [2.75, 3.05) is 6.61 Å². The maximum absolute atomic E-state index is 11.0. The number of rotatable bonds is 3. The third-order valence-corrected chi connectivity index (χ3v) is 1.88. The highest BCUT2D eigenvalue weighted by Gasteiger charge is 2.12. The second kappa shape index (κ2) is 4.10. The number of ketones is 1. The molecule has 0 saturated heterocycles. The van der Waals surface area contributed by atoms with Crippen molar-refractivity contribution in [1.29, 1.82) is 0 Å². The Kier molecular flexibility index (Phi) is 3.09. The van der Waals surface area contributed by atoms with Gasteiger partial charge in [0.2, 0.25) is 0 Å². The second-order valence-corrected chi connectivity index (χ2v) is 2.85. The first kappa shape index (κ1) is 9.04. The molecule has 0 aliphatic heterocycles. The number of carbonyl (C=O) groups is 1. The molecular weight excluding hydrogens is 152 g/mol. The summed E-state index contributed by atoms with van der Waals surface area (Å²) in [6.45, 7) is 6.29. The van der Waals surface area contributed by atoms with E-state index in [2.05, 4.69) is 6.58 Å². The van der Waals surface area contributed by atoms with Crippen LogP contribution in [0.5, 0.6) is 0 Å². The molecule has 1 aliphatic carbocycles. The second-order valence-electron chi connectivity index (χ2n) is 2.85. The molecule has 0 radical (unpaired) electrons. The lowest BCUT2D eigenvalue weighted by atomic mass is 9.98. The number of carbonyl (C=O) groups excluding carboxylic acids is 1. The quantitative estimate of drug-likeness (QED) is 0.601. The summed E-state index contributed by atoms with van der Waals surface area (Å²) >= 11 is 0. The molecule has 66 valence electrons. The van der Waals surface area contributed by atoms with Gasteiger partial charge in [-0.25, -0.2) is 0 Å². The van der Waals surface area contributed by atoms with Crippen LogP contribution in [0.4, 0.5) is 0 Å². The van der Waals surface area contributed by atoms with Gasteiger partial charge in [0, 0.05) is 6.42 Å². The van der Waals surface area contributed by atoms with E-state index in [1.165, 1.54) is 0 Å². The predicted octanol–water partition coefficient (Wildman–Crippen LogP) is 2.22. The van der Waals surface area contributed by atoms with E-state index >= 15 is 0 Å². The van der Waals surface area contributed by atoms with Crippen LogP contribution in [0.2, 0.25) is 0 Å². The van der Waals surface area contributed by atoms with Crippen molar-refractivity contribution in [1.82, 2.24) is 0 Å². The van der Waals surface area contributed by atoms with E-state index in [1.54, 1.807) is 6.08 Å². The smallest absolute Gasteiger partial charge is 0.156 e. The van der Waals surface area contributed by atoms with Crippen LogP contribution in [-0.2, 0) is 9.53 Å². The first-order valence-electron chi connectivity index (χ1n) is 4.29. The van der Waals surface area contributed by atoms with E-state index in [9.17, 15) is 4.79 Å². The van der Waals surface area contributed by atoms with Crippen LogP contribution in [-0.4, -0.2) is 12.4 Å². The molecule has 2 heteroatoms. The fourth-order valence-electron chi connectivity index (χ4n) is 1.28. The lowest BCUT2D eigenvalue weighted by molar-refractivity contribution is -0.115. The molecule has 0 atom stereocenters. The zero-order chi connectivity index (χ0) is 8.97. The van der Waals surface area contributed by atoms with Gasteiger partial charge in [-0.15, -0.1) is 0 Å². The van der Waals surface area contributed by atoms with Gasteiger partial charge in [0.25, 0.3) is 0 Å². The minimum Gasteiger partial charge on any atom is -0.494 e. The summed E-state index contributed by atoms with van der Waals surface area (Å²) in [7, 11) is 0. The van der Waals surface area contributed by atoms with Gasteiger partial charge in [0.05, 0.1) is 6.61 Å². The van der Waals surface area contributed by atoms with Crippen LogP contribution in [0.25, 0.3) is 0 Å². The van der Waals surface area contributed by atoms with Crippen molar-refractivity contribution in [2.24, 2.45) is 0 Å². The summed E-state index contributed by atoms with van der Waals surface area (Å²) in [5, 5.41) is 0. The molecule has 0 unspecified atom stereocenters. The molecule has 0 aromatic carbocycles. The maximum Gasteiger partial charge on any atom is 0.156 e. The highest BCUT2D eigenvalue weighted by atomic mass is 16.5. The predicted molar refractivity (Wildman–Crippen MR) is 47.7 cm³/mol. The topological polar surface area (TPSA) is 26.3 Å². The van der Waals surface area contributed by atoms with Gasteiger partial charge >= 0.3 is 0 Å². The Morgan fingerprint density at radius 2 is 2.42 bits per heavy atom. The Balaban J connectivity index is 2.61. The summed E-state index contributed by atoms with van der Waals surface area (Å²) in [5.41, 5.74) is 0.966. The zero-order valence-corrected chi connectivity index (χ0v) is 7.43. The Morgan fingerprint density at radius 3 is 3.00 bits per heavy atom. The molecule has 1 rings (SSSR count). The molecule has 0 fully saturated rings. The van der Waals surface area contributed by atoms with Crippen molar-refractivity contribution in [3.05, 3.63) is 24.0 Å². The van der Waals surface area contributed by atoms with Crippen LogP contribution in [0.15, 0.2) is 24.0 Å². The van der Waals surface area contributed by atoms with Gasteiger partial charge < -0.3 is 4.74 Å². The third-order valence-electron chi connectivity index (χ3n) is 1.88. The highest BCUT2D eigenvalue weighted by molar-refractivity contribution is 5.91. The first-order chi connectivity index (χ1) is 5.74. The van der Waals surface area contributed by atoms with Crippen LogP contribution < -0.4 is 0 Å². The van der Waals surface area contributed by atoms with E-state index in [4.69, 9.17) is 4.74 Å². The summed E-state index contributed by atoms with van der Waals surface area (Å²) in [6, 6.07) is 0. The van der Waals surface area contributed by atoms with Crippen molar-refractivity contribution >= 4 is 5.78 Å². The summed E-state index contributed by atoms with van der Waals surface area (Å²) < 4.78 is 5.21. The molecule has 0 N–H and O–H groups in total. The van der Waals surface area contributed by atoms with E-state index in [0.29, 0.717) is 18.8 Å². The van der Waals surface area contributed by atoms with Crippen molar-refractivity contribution < 1.29 is 9.53 Å². The van der Waals surface area contributed by atoms with Crippen LogP contribution in [0.3, 0.4) is 0 Å². The van der Waals surface area contributed by atoms with Crippen LogP contribution in [0, 0.1) is 0 Å². The monoisotopic (exact) mass is 166 g/mol. The highest BCUT2D eigenvalue weighted by Crippen LogP contribution is 2.21. The van der Waals surface area contributed by atoms with E-state index < -0.39 is 0 Å². The van der Waals surface area contributed by atoms with E-state index in [1.807, 2.05) is 6.92 Å². The van der Waals surface area contributed by atoms with Gasteiger partial charge in [0.1, 0.15) is 5.76 Å². The Labute approximate surface area is 72.9 Å². The zero-order valence-electron chi connectivity index (χ0n) is 7.43. The molecule has 0 bridgehead atoms. The van der Waals surface area contributed by atoms with Gasteiger partial charge in [-0.05, 0) is 31.4 Å². The minimum absolute atomic E-state index is 0.192. The average Bonchev–Trinajstić information content (AvgIpc) is 2.05. The SMILES string of the molecule is C=C(OCC)C1=CC(=O)CCC1. The summed E-state index contributed by atoms with van der Waals surface area (Å²) in [5.74, 6) is 0.850. The number of hydrogen-bond acceptors (Lipinski definition) is 2. The number of hydrogen-bond donors (Lipinski definition) is 0. The fourth-order valence-corrected chi connectivity index (χ4v) is 1.28. The third kappa shape index (κ3) is 2.22. The lowest BCUT2D eigenvalue weighted by Crippen LogP contribution is -2.05. The number of ether oxygens (including phenoxy) is 1. The Hall–Kier alpha value is -1.05. The lowest BCUT2D eigenvalue weighted by Gasteiger charge is -2.14. The first-order valence-corrected chi connectivity index (χ1v) is 4.29. The largest absolute Gasteiger partial charge is 0.494 e. The molecule has 2 nitrogen and oxygen atoms in total. The van der Waals surface area contributed by atoms with Gasteiger partial charge in [-0.2, -0.15) is 0 Å². The molecular formula is C10H14O2. The van der Waals surface area contributed by atoms with Gasteiger partial charge in [0.15, 0.2) is 5.78 Å². The summed E-state index contributed by atoms with van der Waals surface area (Å²) in [4.78, 5) is 11.0. The van der Waals surface area contributed by atoms with Crippen LogP contribution in [0.1, 0.15) is 26.2 Å². The summed E-state index contributed by atoms with van der Waals surface area (Å²) in [6.07, 6.45) is 4.17. The molecule has 0 saturated carbocycles.